The zero-order valence-electron chi connectivity index (χ0n) is 13.0. The van der Waals surface area contributed by atoms with E-state index in [4.69, 9.17) is 0 Å². The van der Waals surface area contributed by atoms with Crippen molar-refractivity contribution in [1.29, 1.82) is 0 Å². The third kappa shape index (κ3) is 5.05. The number of nitrogens with zero attached hydrogens (tertiary/aromatic N) is 2. The maximum absolute atomic E-state index is 11.5. The number of pyridine rings is 1. The normalized spacial score (nSPS) is 23.8. The van der Waals surface area contributed by atoms with E-state index >= 15 is 0 Å². The van der Waals surface area contributed by atoms with E-state index < -0.39 is 10.0 Å². The van der Waals surface area contributed by atoms with Gasteiger partial charge in [0.05, 0.1) is 6.26 Å². The molecule has 2 atom stereocenters. The number of nitrogens with one attached hydrogen (secondary N) is 1. The second-order valence-electron chi connectivity index (χ2n) is 6.24. The Labute approximate surface area is 127 Å². The van der Waals surface area contributed by atoms with Crippen molar-refractivity contribution in [3.05, 3.63) is 30.1 Å². The minimum atomic E-state index is -3.15. The topological polar surface area (TPSA) is 62.3 Å². The van der Waals surface area contributed by atoms with E-state index in [9.17, 15) is 8.42 Å². The van der Waals surface area contributed by atoms with Crippen molar-refractivity contribution in [1.82, 2.24) is 14.6 Å². The number of hydrogen-bond acceptors (Lipinski definition) is 4. The first-order valence-corrected chi connectivity index (χ1v) is 9.34. The summed E-state index contributed by atoms with van der Waals surface area (Å²) in [5, 5.41) is 0. The summed E-state index contributed by atoms with van der Waals surface area (Å²) in [5.74, 6) is 0.826. The Bertz CT molecular complexity index is 545. The summed E-state index contributed by atoms with van der Waals surface area (Å²) in [4.78, 5) is 6.67. The number of hydrogen-bond donors (Lipinski definition) is 1. The Morgan fingerprint density at radius 3 is 2.71 bits per heavy atom. The van der Waals surface area contributed by atoms with Crippen molar-refractivity contribution < 1.29 is 8.42 Å². The van der Waals surface area contributed by atoms with Crippen LogP contribution in [0.15, 0.2) is 24.4 Å². The van der Waals surface area contributed by atoms with Gasteiger partial charge in [-0.15, -0.1) is 0 Å². The van der Waals surface area contributed by atoms with Crippen LogP contribution in [0.1, 0.15) is 19.5 Å². The minimum absolute atomic E-state index is 0.0173. The first-order valence-electron chi connectivity index (χ1n) is 7.44. The van der Waals surface area contributed by atoms with Crippen LogP contribution < -0.4 is 4.72 Å². The lowest BCUT2D eigenvalue weighted by molar-refractivity contribution is 0.304. The highest BCUT2D eigenvalue weighted by molar-refractivity contribution is 7.88. The van der Waals surface area contributed by atoms with Crippen LogP contribution >= 0.6 is 0 Å². The van der Waals surface area contributed by atoms with Gasteiger partial charge in [0.2, 0.25) is 10.0 Å². The van der Waals surface area contributed by atoms with E-state index in [0.29, 0.717) is 11.8 Å². The number of likely N-dealkylation sites (tertiary alicyclic amines) is 1. The standard InChI is InChI=1S/C15H25N3O2S/c1-12(2)14-10-18(11-15(14)17-21(3,19)20)9-7-13-6-4-5-8-16-13/h4-6,8,12,14-15,17H,7,9-11H2,1-3H3/t14-,15+/m0/s1. The molecule has 21 heavy (non-hydrogen) atoms. The summed E-state index contributed by atoms with van der Waals surface area (Å²) in [5.41, 5.74) is 1.08. The van der Waals surface area contributed by atoms with Gasteiger partial charge in [-0.1, -0.05) is 19.9 Å². The van der Waals surface area contributed by atoms with E-state index in [1.165, 1.54) is 6.26 Å². The molecule has 2 rings (SSSR count). The third-order valence-corrected chi connectivity index (χ3v) is 4.80. The average Bonchev–Trinajstić information content (AvgIpc) is 2.78. The van der Waals surface area contributed by atoms with Crippen molar-refractivity contribution in [2.45, 2.75) is 26.3 Å². The molecule has 0 amide bonds. The lowest BCUT2D eigenvalue weighted by atomic mass is 9.92. The monoisotopic (exact) mass is 311 g/mol. The molecular weight excluding hydrogens is 286 g/mol. The lowest BCUT2D eigenvalue weighted by Gasteiger charge is -2.21. The fourth-order valence-electron chi connectivity index (χ4n) is 2.99. The van der Waals surface area contributed by atoms with Crippen molar-refractivity contribution in [3.63, 3.8) is 0 Å². The Balaban J connectivity index is 1.94. The van der Waals surface area contributed by atoms with Gasteiger partial charge < -0.3 is 4.90 Å². The first-order chi connectivity index (χ1) is 9.85. The maximum Gasteiger partial charge on any atom is 0.209 e. The molecule has 1 aromatic rings. The van der Waals surface area contributed by atoms with Gasteiger partial charge in [0.25, 0.3) is 0 Å². The highest BCUT2D eigenvalue weighted by Gasteiger charge is 2.35. The van der Waals surface area contributed by atoms with E-state index in [-0.39, 0.29) is 6.04 Å². The van der Waals surface area contributed by atoms with Gasteiger partial charge in [-0.05, 0) is 24.0 Å². The largest absolute Gasteiger partial charge is 0.301 e. The summed E-state index contributed by atoms with van der Waals surface area (Å²) in [6.07, 6.45) is 3.95. The molecule has 1 aliphatic heterocycles. The van der Waals surface area contributed by atoms with Gasteiger partial charge in [0, 0.05) is 44.0 Å². The van der Waals surface area contributed by atoms with Crippen LogP contribution in [-0.2, 0) is 16.4 Å². The van der Waals surface area contributed by atoms with Gasteiger partial charge >= 0.3 is 0 Å². The molecular formula is C15H25N3O2S. The lowest BCUT2D eigenvalue weighted by Crippen LogP contribution is -2.41. The molecule has 5 nitrogen and oxygen atoms in total. The molecule has 0 bridgehead atoms. The molecule has 0 aromatic carbocycles. The fraction of sp³-hybridized carbons (Fsp3) is 0.667. The van der Waals surface area contributed by atoms with Crippen molar-refractivity contribution in [3.8, 4) is 0 Å². The van der Waals surface area contributed by atoms with Crippen LogP contribution in [0.3, 0.4) is 0 Å². The minimum Gasteiger partial charge on any atom is -0.301 e. The van der Waals surface area contributed by atoms with Crippen LogP contribution in [0.2, 0.25) is 0 Å². The molecule has 1 aromatic heterocycles. The van der Waals surface area contributed by atoms with Crippen LogP contribution in [0.25, 0.3) is 0 Å². The van der Waals surface area contributed by atoms with Crippen molar-refractivity contribution in [2.24, 2.45) is 11.8 Å². The molecule has 1 aliphatic rings. The molecule has 118 valence electrons. The molecule has 0 spiro atoms. The van der Waals surface area contributed by atoms with Crippen LogP contribution in [0.4, 0.5) is 0 Å². The summed E-state index contributed by atoms with van der Waals surface area (Å²) in [7, 11) is -3.15. The maximum atomic E-state index is 11.5. The highest BCUT2D eigenvalue weighted by Crippen LogP contribution is 2.25. The molecule has 0 saturated carbocycles. The molecule has 2 heterocycles. The van der Waals surface area contributed by atoms with Gasteiger partial charge in [0.15, 0.2) is 0 Å². The van der Waals surface area contributed by atoms with Gasteiger partial charge in [-0.25, -0.2) is 13.1 Å². The average molecular weight is 311 g/mol. The molecule has 1 saturated heterocycles. The van der Waals surface area contributed by atoms with Gasteiger partial charge in [-0.2, -0.15) is 0 Å². The Morgan fingerprint density at radius 2 is 2.14 bits per heavy atom. The summed E-state index contributed by atoms with van der Waals surface area (Å²) in [6, 6.07) is 5.96. The second-order valence-corrected chi connectivity index (χ2v) is 8.02. The number of aromatic nitrogens is 1. The predicted octanol–water partition coefficient (Wildman–Crippen LogP) is 1.13. The summed E-state index contributed by atoms with van der Waals surface area (Å²) in [6.45, 7) is 6.95. The van der Waals surface area contributed by atoms with Gasteiger partial charge in [-0.3, -0.25) is 4.98 Å². The zero-order valence-corrected chi connectivity index (χ0v) is 13.8. The third-order valence-electron chi connectivity index (χ3n) is 4.07. The molecule has 6 heteroatoms. The first kappa shape index (κ1) is 16.4. The van der Waals surface area contributed by atoms with E-state index in [1.54, 1.807) is 0 Å². The second kappa shape index (κ2) is 6.85. The molecule has 0 unspecified atom stereocenters. The van der Waals surface area contributed by atoms with Crippen molar-refractivity contribution in [2.75, 3.05) is 25.9 Å². The summed E-state index contributed by atoms with van der Waals surface area (Å²) < 4.78 is 25.8. The van der Waals surface area contributed by atoms with Gasteiger partial charge in [0.1, 0.15) is 0 Å². The number of sulfonamides is 1. The van der Waals surface area contributed by atoms with Crippen LogP contribution in [0, 0.1) is 11.8 Å². The Morgan fingerprint density at radius 1 is 1.38 bits per heavy atom. The van der Waals surface area contributed by atoms with E-state index in [0.717, 1.165) is 31.7 Å². The Kier molecular flexibility index (Phi) is 5.35. The quantitative estimate of drug-likeness (QED) is 0.855. The predicted molar refractivity (Wildman–Crippen MR) is 84.5 cm³/mol. The Hall–Kier alpha value is -0.980. The fourth-order valence-corrected chi connectivity index (χ4v) is 3.79. The van der Waals surface area contributed by atoms with Crippen molar-refractivity contribution >= 4 is 10.0 Å². The molecule has 0 aliphatic carbocycles. The highest BCUT2D eigenvalue weighted by atomic mass is 32.2. The molecule has 1 fully saturated rings. The van der Waals surface area contributed by atoms with Crippen LogP contribution in [-0.4, -0.2) is 50.2 Å². The SMILES string of the molecule is CC(C)[C@@H]1CN(CCc2ccccn2)C[C@H]1NS(C)(=O)=O. The van der Waals surface area contributed by atoms with E-state index in [2.05, 4.69) is 28.5 Å². The summed E-state index contributed by atoms with van der Waals surface area (Å²) >= 11 is 0. The molecule has 0 radical (unpaired) electrons. The molecule has 1 N–H and O–H groups in total. The van der Waals surface area contributed by atoms with E-state index in [1.807, 2.05) is 24.4 Å². The van der Waals surface area contributed by atoms with Crippen LogP contribution in [0.5, 0.6) is 0 Å². The number of rotatable bonds is 6. The zero-order chi connectivity index (χ0) is 15.5. The smallest absolute Gasteiger partial charge is 0.209 e.